The topological polar surface area (TPSA) is 118 Å². The standard InChI is InChI=1S/C19H40O7S2.Na.H/c1-3-4-5-6-7-8-9-10-11-12-13-14-15-18(2)26-19(16-27(20,21)22)17-28(23,24)25;;/h18-19H,3-17H2,1-2H3,(H,20,21,22)(H,23,24,25);;/q;+1;-1. The van der Waals surface area contributed by atoms with E-state index in [4.69, 9.17) is 13.8 Å². The molecule has 0 heterocycles. The van der Waals surface area contributed by atoms with Crippen LogP contribution in [0.2, 0.25) is 0 Å². The predicted molar refractivity (Wildman–Crippen MR) is 114 cm³/mol. The summed E-state index contributed by atoms with van der Waals surface area (Å²) in [5.74, 6) is -1.70. The smallest absolute Gasteiger partial charge is 1.00 e. The minimum absolute atomic E-state index is 0. The van der Waals surface area contributed by atoms with E-state index in [1.54, 1.807) is 6.92 Å². The van der Waals surface area contributed by atoms with Crippen LogP contribution in [0.25, 0.3) is 0 Å². The van der Waals surface area contributed by atoms with Gasteiger partial charge in [-0.05, 0) is 13.3 Å². The Hall–Kier alpha value is 0.780. The van der Waals surface area contributed by atoms with Crippen molar-refractivity contribution in [2.24, 2.45) is 0 Å². The molecule has 0 amide bonds. The van der Waals surface area contributed by atoms with E-state index in [0.29, 0.717) is 6.42 Å². The van der Waals surface area contributed by atoms with E-state index < -0.39 is 37.8 Å². The van der Waals surface area contributed by atoms with Gasteiger partial charge in [0.1, 0.15) is 11.5 Å². The van der Waals surface area contributed by atoms with Crippen LogP contribution in [0, 0.1) is 0 Å². The first-order chi connectivity index (χ1) is 13.0. The second-order valence-corrected chi connectivity index (χ2v) is 10.7. The van der Waals surface area contributed by atoms with E-state index in [1.807, 2.05) is 0 Å². The zero-order valence-corrected chi connectivity index (χ0v) is 22.1. The predicted octanol–water partition coefficient (Wildman–Crippen LogP) is 1.74. The van der Waals surface area contributed by atoms with Gasteiger partial charge >= 0.3 is 29.6 Å². The molecule has 0 rings (SSSR count). The van der Waals surface area contributed by atoms with Crippen molar-refractivity contribution in [3.05, 3.63) is 0 Å². The molecule has 0 aromatic carbocycles. The van der Waals surface area contributed by atoms with E-state index in [-0.39, 0.29) is 37.1 Å². The monoisotopic (exact) mass is 468 g/mol. The van der Waals surface area contributed by atoms with Crippen LogP contribution in [0.5, 0.6) is 0 Å². The van der Waals surface area contributed by atoms with E-state index in [0.717, 1.165) is 19.3 Å². The van der Waals surface area contributed by atoms with Gasteiger partial charge in [0, 0.05) is 0 Å². The van der Waals surface area contributed by atoms with Gasteiger partial charge in [0.2, 0.25) is 0 Å². The molecule has 1 unspecified atom stereocenters. The Kier molecular flexibility index (Phi) is 20.2. The Labute approximate surface area is 202 Å². The van der Waals surface area contributed by atoms with Crippen molar-refractivity contribution < 1.29 is 61.7 Å². The summed E-state index contributed by atoms with van der Waals surface area (Å²) >= 11 is 0. The molecule has 0 aliphatic rings. The second kappa shape index (κ2) is 18.4. The van der Waals surface area contributed by atoms with E-state index in [2.05, 4.69) is 6.92 Å². The Morgan fingerprint density at radius 3 is 1.41 bits per heavy atom. The average molecular weight is 469 g/mol. The first-order valence-electron chi connectivity index (χ1n) is 10.6. The molecule has 0 bridgehead atoms. The van der Waals surface area contributed by atoms with Crippen LogP contribution >= 0.6 is 0 Å². The van der Waals surface area contributed by atoms with E-state index in [9.17, 15) is 16.8 Å². The van der Waals surface area contributed by atoms with Gasteiger partial charge in [-0.25, -0.2) is 0 Å². The molecule has 0 aromatic rings. The molecule has 2 N–H and O–H groups in total. The van der Waals surface area contributed by atoms with Crippen molar-refractivity contribution >= 4 is 20.2 Å². The summed E-state index contributed by atoms with van der Waals surface area (Å²) in [6.45, 7) is 3.96. The Bertz CT molecular complexity index is 552. The van der Waals surface area contributed by atoms with Crippen molar-refractivity contribution in [1.29, 1.82) is 0 Å². The molecule has 1 atom stereocenters. The summed E-state index contributed by atoms with van der Waals surface area (Å²) in [6.07, 6.45) is 13.9. The SMILES string of the molecule is CCCCCCCCCCCCCCC(C)OC(CS(=O)(=O)O)CS(=O)(=O)O.[H-].[Na+]. The van der Waals surface area contributed by atoms with Crippen LogP contribution in [0.3, 0.4) is 0 Å². The number of ether oxygens (including phenoxy) is 1. The van der Waals surface area contributed by atoms with Crippen molar-refractivity contribution in [1.82, 2.24) is 0 Å². The third kappa shape index (κ3) is 24.9. The van der Waals surface area contributed by atoms with Gasteiger partial charge in [-0.1, -0.05) is 84.0 Å². The summed E-state index contributed by atoms with van der Waals surface area (Å²) < 4.78 is 67.2. The summed E-state index contributed by atoms with van der Waals surface area (Å²) in [4.78, 5) is 0. The van der Waals surface area contributed by atoms with Gasteiger partial charge in [-0.15, -0.1) is 0 Å². The number of rotatable bonds is 19. The van der Waals surface area contributed by atoms with Gasteiger partial charge in [-0.3, -0.25) is 9.11 Å². The normalized spacial score (nSPS) is 13.4. The maximum absolute atomic E-state index is 11.0. The van der Waals surface area contributed by atoms with Crippen LogP contribution in [0.15, 0.2) is 0 Å². The maximum Gasteiger partial charge on any atom is 1.00 e. The molecule has 0 saturated carbocycles. The fraction of sp³-hybridized carbons (Fsp3) is 1.00. The maximum atomic E-state index is 11.0. The molecule has 172 valence electrons. The van der Waals surface area contributed by atoms with E-state index in [1.165, 1.54) is 57.8 Å². The Balaban J connectivity index is -0.00000364. The van der Waals surface area contributed by atoms with Gasteiger partial charge in [-0.2, -0.15) is 16.8 Å². The third-order valence-corrected chi connectivity index (χ3v) is 6.27. The molecule has 0 spiro atoms. The fourth-order valence-corrected chi connectivity index (χ4v) is 4.75. The van der Waals surface area contributed by atoms with Crippen molar-refractivity contribution in [2.45, 2.75) is 110 Å². The van der Waals surface area contributed by atoms with Gasteiger partial charge in [0.05, 0.1) is 12.2 Å². The minimum Gasteiger partial charge on any atom is -1.00 e. The fourth-order valence-electron chi connectivity index (χ4n) is 3.27. The summed E-state index contributed by atoms with van der Waals surface area (Å²) in [6, 6.07) is 0. The number of hydrogen-bond donors (Lipinski definition) is 2. The molecular weight excluding hydrogens is 427 g/mol. The molecule has 7 nitrogen and oxygen atoms in total. The first-order valence-corrected chi connectivity index (χ1v) is 13.8. The molecule has 0 saturated heterocycles. The molecule has 29 heavy (non-hydrogen) atoms. The van der Waals surface area contributed by atoms with Crippen molar-refractivity contribution in [3.8, 4) is 0 Å². The first kappa shape index (κ1) is 32.0. The van der Waals surface area contributed by atoms with Crippen molar-refractivity contribution in [3.63, 3.8) is 0 Å². The molecular formula is C19H41NaO7S2. The van der Waals surface area contributed by atoms with Crippen LogP contribution in [-0.2, 0) is 25.0 Å². The van der Waals surface area contributed by atoms with Crippen LogP contribution < -0.4 is 29.6 Å². The number of unbranched alkanes of at least 4 members (excludes halogenated alkanes) is 11. The Morgan fingerprint density at radius 2 is 1.07 bits per heavy atom. The van der Waals surface area contributed by atoms with Crippen LogP contribution in [-0.4, -0.2) is 49.7 Å². The second-order valence-electron chi connectivity index (χ2n) is 7.74. The van der Waals surface area contributed by atoms with Crippen LogP contribution in [0.1, 0.15) is 98.7 Å². The number of hydrogen-bond acceptors (Lipinski definition) is 5. The zero-order valence-electron chi connectivity index (χ0n) is 19.5. The van der Waals surface area contributed by atoms with Crippen molar-refractivity contribution in [2.75, 3.05) is 11.5 Å². The summed E-state index contributed by atoms with van der Waals surface area (Å²) in [5.41, 5.74) is 0. The van der Waals surface area contributed by atoms with Crippen LogP contribution in [0.4, 0.5) is 0 Å². The van der Waals surface area contributed by atoms with Gasteiger partial charge in [0.25, 0.3) is 20.2 Å². The molecule has 0 radical (unpaired) electrons. The molecule has 0 aliphatic heterocycles. The summed E-state index contributed by atoms with van der Waals surface area (Å²) in [7, 11) is -8.78. The largest absolute Gasteiger partial charge is 1.00 e. The quantitative estimate of drug-likeness (QED) is 0.168. The molecule has 10 heteroatoms. The molecule has 0 fully saturated rings. The average Bonchev–Trinajstić information content (AvgIpc) is 2.52. The minimum atomic E-state index is -4.39. The third-order valence-electron chi connectivity index (χ3n) is 4.68. The molecule has 0 aliphatic carbocycles. The molecule has 0 aromatic heterocycles. The Morgan fingerprint density at radius 1 is 0.724 bits per heavy atom. The van der Waals surface area contributed by atoms with E-state index >= 15 is 0 Å². The summed E-state index contributed by atoms with van der Waals surface area (Å²) in [5, 5.41) is 0. The van der Waals surface area contributed by atoms with Gasteiger partial charge < -0.3 is 6.16 Å². The zero-order chi connectivity index (χ0) is 21.5. The van der Waals surface area contributed by atoms with Gasteiger partial charge in [0.15, 0.2) is 0 Å².